The van der Waals surface area contributed by atoms with Gasteiger partial charge in [0.2, 0.25) is 0 Å². The van der Waals surface area contributed by atoms with Crippen molar-refractivity contribution in [2.75, 3.05) is 13.7 Å². The van der Waals surface area contributed by atoms with E-state index >= 15 is 0 Å². The molecule has 0 fully saturated rings. The molecule has 2 atom stereocenters. The van der Waals surface area contributed by atoms with Gasteiger partial charge in [-0.05, 0) is 24.6 Å². The molecule has 0 bridgehead atoms. The highest BCUT2D eigenvalue weighted by atomic mass is 32.1. The van der Waals surface area contributed by atoms with E-state index in [0.717, 1.165) is 16.3 Å². The van der Waals surface area contributed by atoms with Gasteiger partial charge in [0.1, 0.15) is 10.8 Å². The number of methoxy groups -OCH3 is 1. The van der Waals surface area contributed by atoms with Gasteiger partial charge in [-0.2, -0.15) is 0 Å². The Morgan fingerprint density at radius 1 is 1.47 bits per heavy atom. The third kappa shape index (κ3) is 3.76. The molecule has 0 radical (unpaired) electrons. The van der Waals surface area contributed by atoms with Crippen molar-refractivity contribution in [3.63, 3.8) is 0 Å². The molecule has 1 aromatic heterocycles. The normalized spacial score (nSPS) is 14.1. The highest BCUT2D eigenvalue weighted by Crippen LogP contribution is 2.20. The number of rotatable bonds is 6. The molecule has 0 saturated carbocycles. The van der Waals surface area contributed by atoms with Gasteiger partial charge in [-0.3, -0.25) is 0 Å². The second kappa shape index (κ2) is 6.65. The summed E-state index contributed by atoms with van der Waals surface area (Å²) in [6, 6.07) is 7.62. The van der Waals surface area contributed by atoms with Crippen LogP contribution in [-0.2, 0) is 0 Å². The van der Waals surface area contributed by atoms with Crippen LogP contribution in [-0.4, -0.2) is 23.7 Å². The largest absolute Gasteiger partial charge is 0.497 e. The van der Waals surface area contributed by atoms with Gasteiger partial charge >= 0.3 is 0 Å². The lowest BCUT2D eigenvalue weighted by molar-refractivity contribution is 0.170. The Balaban J connectivity index is 1.91. The van der Waals surface area contributed by atoms with Crippen molar-refractivity contribution >= 4 is 11.3 Å². The number of ether oxygens (including phenoxy) is 1. The van der Waals surface area contributed by atoms with Gasteiger partial charge in [0.05, 0.1) is 19.3 Å². The van der Waals surface area contributed by atoms with Gasteiger partial charge in [0.15, 0.2) is 0 Å². The third-order valence-corrected chi connectivity index (χ3v) is 3.88. The minimum absolute atomic E-state index is 0.139. The fourth-order valence-electron chi connectivity index (χ4n) is 1.79. The Morgan fingerprint density at radius 2 is 2.32 bits per heavy atom. The lowest BCUT2D eigenvalue weighted by atomic mass is 10.1. The molecule has 0 aliphatic carbocycles. The SMILES string of the molecule is COc1cccc(C(O)CNC(C)c2nccs2)c1. The maximum atomic E-state index is 10.2. The van der Waals surface area contributed by atoms with E-state index in [4.69, 9.17) is 4.74 Å². The van der Waals surface area contributed by atoms with E-state index in [-0.39, 0.29) is 6.04 Å². The summed E-state index contributed by atoms with van der Waals surface area (Å²) >= 11 is 1.61. The zero-order chi connectivity index (χ0) is 13.7. The van der Waals surface area contributed by atoms with E-state index in [0.29, 0.717) is 6.54 Å². The van der Waals surface area contributed by atoms with Crippen molar-refractivity contribution in [1.82, 2.24) is 10.3 Å². The summed E-state index contributed by atoms with van der Waals surface area (Å²) in [4.78, 5) is 4.25. The van der Waals surface area contributed by atoms with Crippen LogP contribution in [0.2, 0.25) is 0 Å². The maximum Gasteiger partial charge on any atom is 0.119 e. The Labute approximate surface area is 117 Å². The molecule has 102 valence electrons. The molecule has 1 aromatic carbocycles. The van der Waals surface area contributed by atoms with Crippen LogP contribution in [0.1, 0.15) is 29.6 Å². The molecular weight excluding hydrogens is 260 g/mol. The average molecular weight is 278 g/mol. The molecule has 1 heterocycles. The molecule has 2 N–H and O–H groups in total. The first-order valence-electron chi connectivity index (χ1n) is 6.15. The maximum absolute atomic E-state index is 10.2. The summed E-state index contributed by atoms with van der Waals surface area (Å²) in [5.41, 5.74) is 0.846. The molecule has 4 nitrogen and oxygen atoms in total. The van der Waals surface area contributed by atoms with Crippen LogP contribution in [0.4, 0.5) is 0 Å². The Bertz CT molecular complexity index is 502. The molecule has 2 aromatic rings. The fraction of sp³-hybridized carbons (Fsp3) is 0.357. The minimum atomic E-state index is -0.558. The lowest BCUT2D eigenvalue weighted by Gasteiger charge is -2.16. The van der Waals surface area contributed by atoms with Crippen molar-refractivity contribution in [3.05, 3.63) is 46.4 Å². The quantitative estimate of drug-likeness (QED) is 0.852. The first kappa shape index (κ1) is 14.0. The van der Waals surface area contributed by atoms with E-state index in [9.17, 15) is 5.11 Å². The predicted molar refractivity (Wildman–Crippen MR) is 76.5 cm³/mol. The van der Waals surface area contributed by atoms with Gasteiger partial charge in [0.25, 0.3) is 0 Å². The van der Waals surface area contributed by atoms with E-state index in [1.165, 1.54) is 0 Å². The Hall–Kier alpha value is -1.43. The number of aromatic nitrogens is 1. The number of aliphatic hydroxyl groups excluding tert-OH is 1. The highest BCUT2D eigenvalue weighted by molar-refractivity contribution is 7.09. The molecule has 19 heavy (non-hydrogen) atoms. The molecule has 2 unspecified atom stereocenters. The van der Waals surface area contributed by atoms with Gasteiger partial charge in [-0.1, -0.05) is 12.1 Å². The van der Waals surface area contributed by atoms with Crippen LogP contribution in [0.15, 0.2) is 35.8 Å². The zero-order valence-corrected chi connectivity index (χ0v) is 11.9. The lowest BCUT2D eigenvalue weighted by Crippen LogP contribution is -2.24. The first-order valence-corrected chi connectivity index (χ1v) is 7.03. The Kier molecular flexibility index (Phi) is 4.90. The van der Waals surface area contributed by atoms with Gasteiger partial charge < -0.3 is 15.2 Å². The Morgan fingerprint density at radius 3 is 3.00 bits per heavy atom. The second-order valence-corrected chi connectivity index (χ2v) is 5.22. The summed E-state index contributed by atoms with van der Waals surface area (Å²) in [5, 5.41) is 16.4. The van der Waals surface area contributed by atoms with E-state index in [1.54, 1.807) is 24.6 Å². The molecule has 2 rings (SSSR count). The molecular formula is C14H18N2O2S. The highest BCUT2D eigenvalue weighted by Gasteiger charge is 2.12. The monoisotopic (exact) mass is 278 g/mol. The number of hydrogen-bond donors (Lipinski definition) is 2. The van der Waals surface area contributed by atoms with Crippen molar-refractivity contribution in [2.24, 2.45) is 0 Å². The van der Waals surface area contributed by atoms with Crippen molar-refractivity contribution < 1.29 is 9.84 Å². The van der Waals surface area contributed by atoms with Gasteiger partial charge in [-0.15, -0.1) is 11.3 Å². The number of hydrogen-bond acceptors (Lipinski definition) is 5. The molecule has 0 spiro atoms. The van der Waals surface area contributed by atoms with Gasteiger partial charge in [-0.25, -0.2) is 4.98 Å². The fourth-order valence-corrected chi connectivity index (χ4v) is 2.46. The van der Waals surface area contributed by atoms with Crippen LogP contribution in [0.25, 0.3) is 0 Å². The van der Waals surface area contributed by atoms with Crippen molar-refractivity contribution in [1.29, 1.82) is 0 Å². The zero-order valence-electron chi connectivity index (χ0n) is 11.0. The smallest absolute Gasteiger partial charge is 0.119 e. The summed E-state index contributed by atoms with van der Waals surface area (Å²) in [6.07, 6.45) is 1.23. The molecule has 0 aliphatic rings. The van der Waals surface area contributed by atoms with Gasteiger partial charge in [0, 0.05) is 18.1 Å². The second-order valence-electron chi connectivity index (χ2n) is 4.29. The molecule has 0 amide bonds. The number of nitrogens with zero attached hydrogens (tertiary/aromatic N) is 1. The van der Waals surface area contributed by atoms with E-state index in [2.05, 4.69) is 10.3 Å². The average Bonchev–Trinajstić information content (AvgIpc) is 2.98. The van der Waals surface area contributed by atoms with Crippen LogP contribution in [0, 0.1) is 0 Å². The third-order valence-electron chi connectivity index (χ3n) is 2.92. The van der Waals surface area contributed by atoms with Crippen LogP contribution in [0.3, 0.4) is 0 Å². The minimum Gasteiger partial charge on any atom is -0.497 e. The van der Waals surface area contributed by atoms with Crippen molar-refractivity contribution in [2.45, 2.75) is 19.1 Å². The van der Waals surface area contributed by atoms with Crippen LogP contribution < -0.4 is 10.1 Å². The summed E-state index contributed by atoms with van der Waals surface area (Å²) in [5.74, 6) is 0.754. The first-order chi connectivity index (χ1) is 9.20. The standard InChI is InChI=1S/C14H18N2O2S/c1-10(14-15-6-7-19-14)16-9-13(17)11-4-3-5-12(8-11)18-2/h3-8,10,13,16-17H,9H2,1-2H3. The number of nitrogens with one attached hydrogen (secondary N) is 1. The summed E-state index contributed by atoms with van der Waals surface area (Å²) in [7, 11) is 1.62. The summed E-state index contributed by atoms with van der Waals surface area (Å²) in [6.45, 7) is 2.52. The van der Waals surface area contributed by atoms with E-state index < -0.39 is 6.10 Å². The topological polar surface area (TPSA) is 54.4 Å². The number of thiazole rings is 1. The van der Waals surface area contributed by atoms with Crippen LogP contribution >= 0.6 is 11.3 Å². The predicted octanol–water partition coefficient (Wildman–Crippen LogP) is 2.54. The summed E-state index contributed by atoms with van der Waals surface area (Å²) < 4.78 is 5.15. The molecule has 0 aliphatic heterocycles. The molecule has 5 heteroatoms. The number of benzene rings is 1. The molecule has 0 saturated heterocycles. The van der Waals surface area contributed by atoms with Crippen LogP contribution in [0.5, 0.6) is 5.75 Å². The number of aliphatic hydroxyl groups is 1. The van der Waals surface area contributed by atoms with E-state index in [1.807, 2.05) is 36.6 Å². The van der Waals surface area contributed by atoms with Crippen molar-refractivity contribution in [3.8, 4) is 5.75 Å².